The van der Waals surface area contributed by atoms with Gasteiger partial charge in [0.15, 0.2) is 0 Å². The van der Waals surface area contributed by atoms with Crippen LogP contribution in [0.4, 0.5) is 10.9 Å². The van der Waals surface area contributed by atoms with Gasteiger partial charge in [0.2, 0.25) is 5.13 Å². The monoisotopic (exact) mass is 235 g/mol. The minimum atomic E-state index is -0.332. The Hall–Kier alpha value is -2.02. The van der Waals surface area contributed by atoms with Gasteiger partial charge in [-0.05, 0) is 19.1 Å². The lowest BCUT2D eigenvalue weighted by Crippen LogP contribution is -2.14. The molecule has 2 aromatic rings. The van der Waals surface area contributed by atoms with Crippen LogP contribution in [0.2, 0.25) is 0 Å². The van der Waals surface area contributed by atoms with E-state index in [0.29, 0.717) is 10.7 Å². The van der Waals surface area contributed by atoms with E-state index in [0.717, 1.165) is 5.01 Å². The number of aromatic nitrogens is 3. The van der Waals surface area contributed by atoms with E-state index in [-0.39, 0.29) is 11.7 Å². The normalized spacial score (nSPS) is 10.1. The van der Waals surface area contributed by atoms with Gasteiger partial charge in [0.25, 0.3) is 5.91 Å². The first-order valence-corrected chi connectivity index (χ1v) is 5.30. The fourth-order valence-corrected chi connectivity index (χ4v) is 1.71. The lowest BCUT2D eigenvalue weighted by molar-refractivity contribution is 0.102. The summed E-state index contributed by atoms with van der Waals surface area (Å²) >= 11 is 1.30. The van der Waals surface area contributed by atoms with Crippen molar-refractivity contribution in [3.05, 3.63) is 28.9 Å². The minimum absolute atomic E-state index is 0.196. The highest BCUT2D eigenvalue weighted by Crippen LogP contribution is 2.16. The van der Waals surface area contributed by atoms with Gasteiger partial charge < -0.3 is 5.73 Å². The first-order valence-electron chi connectivity index (χ1n) is 4.49. The molecular weight excluding hydrogens is 226 g/mol. The van der Waals surface area contributed by atoms with Crippen LogP contribution >= 0.6 is 11.3 Å². The van der Waals surface area contributed by atoms with Gasteiger partial charge in [-0.15, -0.1) is 10.2 Å². The highest BCUT2D eigenvalue weighted by atomic mass is 32.1. The Labute approximate surface area is 95.5 Å². The number of amides is 1. The summed E-state index contributed by atoms with van der Waals surface area (Å²) in [4.78, 5) is 15.6. The third kappa shape index (κ3) is 2.14. The molecule has 0 aliphatic carbocycles. The second-order valence-corrected chi connectivity index (χ2v) is 4.20. The maximum atomic E-state index is 11.8. The number of nitrogens with one attached hydrogen (secondary N) is 1. The molecule has 82 valence electrons. The molecule has 0 fully saturated rings. The van der Waals surface area contributed by atoms with Crippen molar-refractivity contribution >= 4 is 28.2 Å². The zero-order valence-electron chi connectivity index (χ0n) is 8.47. The molecule has 0 spiro atoms. The standard InChI is InChI=1S/C9H9N5OS/c1-5-13-14-9(16-5)12-8(15)6-3-2-4-11-7(6)10/h2-4H,1H3,(H2,10,11)(H,12,14,15). The Morgan fingerprint density at radius 1 is 1.50 bits per heavy atom. The van der Waals surface area contributed by atoms with Crippen LogP contribution in [-0.4, -0.2) is 21.1 Å². The van der Waals surface area contributed by atoms with E-state index >= 15 is 0 Å². The van der Waals surface area contributed by atoms with Crippen molar-refractivity contribution in [2.45, 2.75) is 6.92 Å². The maximum Gasteiger partial charge on any atom is 0.261 e. The number of anilines is 2. The summed E-state index contributed by atoms with van der Waals surface area (Å²) in [5.41, 5.74) is 5.90. The molecule has 0 aliphatic rings. The first kappa shape index (κ1) is 10.5. The summed E-state index contributed by atoms with van der Waals surface area (Å²) in [6.45, 7) is 1.81. The molecule has 0 radical (unpaired) electrons. The number of rotatable bonds is 2. The van der Waals surface area contributed by atoms with Crippen LogP contribution in [0.15, 0.2) is 18.3 Å². The van der Waals surface area contributed by atoms with Crippen molar-refractivity contribution in [1.29, 1.82) is 0 Å². The number of hydrogen-bond acceptors (Lipinski definition) is 6. The minimum Gasteiger partial charge on any atom is -0.383 e. The number of nitrogens with zero attached hydrogens (tertiary/aromatic N) is 3. The van der Waals surface area contributed by atoms with Crippen LogP contribution in [0, 0.1) is 6.92 Å². The number of pyridine rings is 1. The van der Waals surface area contributed by atoms with E-state index in [1.165, 1.54) is 17.5 Å². The molecule has 0 aromatic carbocycles. The van der Waals surface area contributed by atoms with Crippen molar-refractivity contribution in [1.82, 2.24) is 15.2 Å². The van der Waals surface area contributed by atoms with E-state index in [1.54, 1.807) is 12.1 Å². The van der Waals surface area contributed by atoms with Crippen molar-refractivity contribution in [3.8, 4) is 0 Å². The number of nitrogens with two attached hydrogens (primary N) is 1. The third-order valence-corrected chi connectivity index (χ3v) is 2.58. The van der Waals surface area contributed by atoms with Gasteiger partial charge in [0, 0.05) is 6.20 Å². The molecular formula is C9H9N5OS. The van der Waals surface area contributed by atoms with Gasteiger partial charge in [-0.2, -0.15) is 0 Å². The zero-order valence-corrected chi connectivity index (χ0v) is 9.28. The van der Waals surface area contributed by atoms with Gasteiger partial charge in [-0.1, -0.05) is 11.3 Å². The predicted octanol–water partition coefficient (Wildman–Crippen LogP) is 1.08. The van der Waals surface area contributed by atoms with E-state index in [9.17, 15) is 4.79 Å². The number of nitrogen functional groups attached to an aromatic ring is 1. The lowest BCUT2D eigenvalue weighted by Gasteiger charge is -2.02. The Morgan fingerprint density at radius 3 is 2.94 bits per heavy atom. The zero-order chi connectivity index (χ0) is 11.5. The van der Waals surface area contributed by atoms with Crippen LogP contribution < -0.4 is 11.1 Å². The van der Waals surface area contributed by atoms with Crippen molar-refractivity contribution in [2.24, 2.45) is 0 Å². The van der Waals surface area contributed by atoms with Gasteiger partial charge in [0.1, 0.15) is 10.8 Å². The van der Waals surface area contributed by atoms with Crippen LogP contribution in [0.3, 0.4) is 0 Å². The smallest absolute Gasteiger partial charge is 0.261 e. The summed E-state index contributed by atoms with van der Waals surface area (Å²) in [5, 5.41) is 11.4. The quantitative estimate of drug-likeness (QED) is 0.812. The van der Waals surface area contributed by atoms with Crippen molar-refractivity contribution < 1.29 is 4.79 Å². The maximum absolute atomic E-state index is 11.8. The summed E-state index contributed by atoms with van der Waals surface area (Å²) in [7, 11) is 0. The largest absolute Gasteiger partial charge is 0.383 e. The first-order chi connectivity index (χ1) is 7.66. The Kier molecular flexibility index (Phi) is 2.78. The number of carbonyl (C=O) groups excluding carboxylic acids is 1. The van der Waals surface area contributed by atoms with Crippen LogP contribution in [-0.2, 0) is 0 Å². The molecule has 0 bridgehead atoms. The number of carbonyl (C=O) groups is 1. The second-order valence-electron chi connectivity index (χ2n) is 3.02. The molecule has 2 rings (SSSR count). The Balaban J connectivity index is 2.18. The fourth-order valence-electron chi connectivity index (χ4n) is 1.12. The highest BCUT2D eigenvalue weighted by molar-refractivity contribution is 7.15. The molecule has 6 nitrogen and oxygen atoms in total. The van der Waals surface area contributed by atoms with Crippen LogP contribution in [0.25, 0.3) is 0 Å². The molecule has 3 N–H and O–H groups in total. The summed E-state index contributed by atoms with van der Waals surface area (Å²) in [5.74, 6) is -0.136. The third-order valence-electron chi connectivity index (χ3n) is 1.83. The van der Waals surface area contributed by atoms with E-state index in [4.69, 9.17) is 5.73 Å². The van der Waals surface area contributed by atoms with Gasteiger partial charge in [0.05, 0.1) is 5.56 Å². The van der Waals surface area contributed by atoms with Gasteiger partial charge in [-0.3, -0.25) is 10.1 Å². The molecule has 0 atom stereocenters. The Morgan fingerprint density at radius 2 is 2.31 bits per heavy atom. The molecule has 0 aliphatic heterocycles. The highest BCUT2D eigenvalue weighted by Gasteiger charge is 2.11. The molecule has 2 aromatic heterocycles. The topological polar surface area (TPSA) is 93.8 Å². The average molecular weight is 235 g/mol. The molecule has 0 saturated carbocycles. The molecule has 2 heterocycles. The fraction of sp³-hybridized carbons (Fsp3) is 0.111. The predicted molar refractivity (Wildman–Crippen MR) is 61.2 cm³/mol. The average Bonchev–Trinajstić information content (AvgIpc) is 2.64. The van der Waals surface area contributed by atoms with E-state index in [2.05, 4.69) is 20.5 Å². The van der Waals surface area contributed by atoms with Crippen molar-refractivity contribution in [3.63, 3.8) is 0 Å². The van der Waals surface area contributed by atoms with Crippen LogP contribution in [0.1, 0.15) is 15.4 Å². The molecule has 0 unspecified atom stereocenters. The van der Waals surface area contributed by atoms with Gasteiger partial charge in [-0.25, -0.2) is 4.98 Å². The number of hydrogen-bond donors (Lipinski definition) is 2. The molecule has 1 amide bonds. The van der Waals surface area contributed by atoms with E-state index < -0.39 is 0 Å². The SMILES string of the molecule is Cc1nnc(NC(=O)c2cccnc2N)s1. The summed E-state index contributed by atoms with van der Waals surface area (Å²) in [6.07, 6.45) is 1.53. The van der Waals surface area contributed by atoms with Gasteiger partial charge >= 0.3 is 0 Å². The summed E-state index contributed by atoms with van der Waals surface area (Å²) in [6, 6.07) is 3.25. The lowest BCUT2D eigenvalue weighted by atomic mass is 10.2. The molecule has 7 heteroatoms. The Bertz CT molecular complexity index is 524. The molecule has 16 heavy (non-hydrogen) atoms. The second kappa shape index (κ2) is 4.23. The molecule has 0 saturated heterocycles. The van der Waals surface area contributed by atoms with E-state index in [1.807, 2.05) is 6.92 Å². The van der Waals surface area contributed by atoms with Crippen molar-refractivity contribution in [2.75, 3.05) is 11.1 Å². The van der Waals surface area contributed by atoms with Crippen LogP contribution in [0.5, 0.6) is 0 Å². The number of aryl methyl sites for hydroxylation is 1. The summed E-state index contributed by atoms with van der Waals surface area (Å²) < 4.78 is 0.